The van der Waals surface area contributed by atoms with Gasteiger partial charge >= 0.3 is 37.7 Å². The molecule has 0 saturated carbocycles. The van der Waals surface area contributed by atoms with Gasteiger partial charge in [0.2, 0.25) is 0 Å². The Bertz CT molecular complexity index is 2330. The summed E-state index contributed by atoms with van der Waals surface area (Å²) >= 11 is 0. The number of hydrogen-bond acceptors (Lipinski definition) is 10. The smallest absolute Gasteiger partial charge is 0.548 e. The van der Waals surface area contributed by atoms with E-state index in [-0.39, 0.29) is 49.4 Å². The van der Waals surface area contributed by atoms with Crippen molar-refractivity contribution in [3.05, 3.63) is 178 Å². The summed E-state index contributed by atoms with van der Waals surface area (Å²) in [5.41, 5.74) is 7.89. The average molecular weight is 883 g/mol. The van der Waals surface area contributed by atoms with E-state index in [2.05, 4.69) is 0 Å². The van der Waals surface area contributed by atoms with Crippen molar-refractivity contribution in [3.63, 3.8) is 0 Å². The van der Waals surface area contributed by atoms with E-state index in [1.165, 1.54) is 24.3 Å². The van der Waals surface area contributed by atoms with Gasteiger partial charge in [0.15, 0.2) is 0 Å². The van der Waals surface area contributed by atoms with Crippen LogP contribution < -0.4 is 19.7 Å². The Hall–Kier alpha value is -5.18. The maximum Gasteiger partial charge on any atom is 2.00 e. The Morgan fingerprint density at radius 3 is 1.25 bits per heavy atom. The van der Waals surface area contributed by atoms with Crippen LogP contribution in [0.4, 0.5) is 8.78 Å². The number of aliphatic carboxylic acids is 2. The first-order valence-electron chi connectivity index (χ1n) is 19.9. The second-order valence-electron chi connectivity index (χ2n) is 15.2. The van der Waals surface area contributed by atoms with E-state index in [1.54, 1.807) is 12.1 Å². The number of halogens is 2. The second-order valence-corrected chi connectivity index (χ2v) is 15.2. The van der Waals surface area contributed by atoms with Crippen LogP contribution in [0.2, 0.25) is 0 Å². The van der Waals surface area contributed by atoms with Gasteiger partial charge in [-0.1, -0.05) is 72.8 Å². The SMILES string of the molecule is Cc1cc(F)ccc1-c1cccc(COc2ccc(C3(OCC(=O)[O-])COC3)cc2)c1.Cc1cc(F)ccc1-c1cccc(COc2ccc(C3(OCC(=O)[O-])COC3)cc2)c1.[Ca+2]. The normalized spacial score (nSPS) is 14.4. The molecule has 2 saturated heterocycles. The summed E-state index contributed by atoms with van der Waals surface area (Å²) < 4.78 is 60.1. The fourth-order valence-corrected chi connectivity index (χ4v) is 7.24. The summed E-state index contributed by atoms with van der Waals surface area (Å²) in [5, 5.41) is 21.5. The minimum absolute atomic E-state index is 0. The van der Waals surface area contributed by atoms with Gasteiger partial charge in [-0.15, -0.1) is 0 Å². The Morgan fingerprint density at radius 1 is 0.556 bits per heavy atom. The molecule has 10 nitrogen and oxygen atoms in total. The van der Waals surface area contributed by atoms with Crippen molar-refractivity contribution in [1.82, 2.24) is 0 Å². The summed E-state index contributed by atoms with van der Waals surface area (Å²) in [4.78, 5) is 21.5. The van der Waals surface area contributed by atoms with Gasteiger partial charge in [-0.3, -0.25) is 0 Å². The van der Waals surface area contributed by atoms with E-state index in [9.17, 15) is 28.6 Å². The van der Waals surface area contributed by atoms with E-state index in [0.717, 1.165) is 55.6 Å². The number of ether oxygens (including phenoxy) is 6. The second kappa shape index (κ2) is 21.5. The summed E-state index contributed by atoms with van der Waals surface area (Å²) in [6, 6.07) is 40.2. The Kier molecular flexibility index (Phi) is 16.1. The van der Waals surface area contributed by atoms with Crippen LogP contribution >= 0.6 is 0 Å². The van der Waals surface area contributed by atoms with E-state index >= 15 is 0 Å². The minimum atomic E-state index is -1.26. The van der Waals surface area contributed by atoms with Crippen molar-refractivity contribution in [3.8, 4) is 33.8 Å². The number of aryl methyl sites for hydroxylation is 2. The molecule has 0 N–H and O–H groups in total. The molecule has 0 unspecified atom stereocenters. The molecule has 320 valence electrons. The van der Waals surface area contributed by atoms with Crippen LogP contribution in [-0.4, -0.2) is 89.3 Å². The van der Waals surface area contributed by atoms with Crippen LogP contribution in [0.15, 0.2) is 133 Å². The van der Waals surface area contributed by atoms with Crippen LogP contribution in [0.25, 0.3) is 22.3 Å². The fraction of sp³-hybridized carbons (Fsp3) is 0.240. The summed E-state index contributed by atoms with van der Waals surface area (Å²) in [7, 11) is 0. The van der Waals surface area contributed by atoms with Gasteiger partial charge in [-0.2, -0.15) is 0 Å². The molecule has 0 bridgehead atoms. The number of carbonyl (C=O) groups is 2. The predicted molar refractivity (Wildman–Crippen MR) is 227 cm³/mol. The largest absolute Gasteiger partial charge is 2.00 e. The molecule has 2 aliphatic heterocycles. The monoisotopic (exact) mass is 882 g/mol. The molecule has 0 atom stereocenters. The van der Waals surface area contributed by atoms with Crippen molar-refractivity contribution in [2.45, 2.75) is 38.3 Å². The van der Waals surface area contributed by atoms with Gasteiger partial charge in [0.25, 0.3) is 0 Å². The first-order valence-corrected chi connectivity index (χ1v) is 19.9. The quantitative estimate of drug-likeness (QED) is 0.101. The third kappa shape index (κ3) is 12.1. The maximum absolute atomic E-state index is 13.4. The molecule has 0 spiro atoms. The van der Waals surface area contributed by atoms with E-state index < -0.39 is 36.4 Å². The fourth-order valence-electron chi connectivity index (χ4n) is 7.24. The molecular formula is C50H44CaF2O10. The number of carbonyl (C=O) groups excluding carboxylic acids is 2. The summed E-state index contributed by atoms with van der Waals surface area (Å²) in [6.07, 6.45) is 0. The molecule has 2 fully saturated rings. The molecular weight excluding hydrogens is 839 g/mol. The topological polar surface area (TPSA) is 136 Å². The Labute approximate surface area is 394 Å². The Morgan fingerprint density at radius 2 is 0.937 bits per heavy atom. The van der Waals surface area contributed by atoms with Crippen LogP contribution in [0, 0.1) is 25.5 Å². The number of carboxylic acids is 2. The van der Waals surface area contributed by atoms with Crippen LogP contribution in [0.1, 0.15) is 33.4 Å². The van der Waals surface area contributed by atoms with Gasteiger partial charge < -0.3 is 48.2 Å². The van der Waals surface area contributed by atoms with Crippen molar-refractivity contribution in [2.24, 2.45) is 0 Å². The minimum Gasteiger partial charge on any atom is -0.548 e. The molecule has 13 heteroatoms. The molecule has 0 amide bonds. The average Bonchev–Trinajstić information content (AvgIpc) is 3.22. The zero-order valence-electron chi connectivity index (χ0n) is 34.9. The molecule has 8 rings (SSSR count). The van der Waals surface area contributed by atoms with Gasteiger partial charge in [0, 0.05) is 0 Å². The number of rotatable bonds is 16. The zero-order valence-corrected chi connectivity index (χ0v) is 37.1. The molecule has 63 heavy (non-hydrogen) atoms. The van der Waals surface area contributed by atoms with Gasteiger partial charge in [-0.25, -0.2) is 8.78 Å². The van der Waals surface area contributed by atoms with Crippen LogP contribution in [0.5, 0.6) is 11.5 Å². The molecule has 0 aliphatic carbocycles. The van der Waals surface area contributed by atoms with Gasteiger partial charge in [-0.05, 0) is 130 Å². The van der Waals surface area contributed by atoms with Gasteiger partial charge in [0.05, 0.1) is 51.6 Å². The first-order chi connectivity index (χ1) is 29.9. The number of benzene rings is 6. The summed E-state index contributed by atoms with van der Waals surface area (Å²) in [5.74, 6) is -1.65. The molecule has 0 radical (unpaired) electrons. The first kappa shape index (κ1) is 47.3. The predicted octanol–water partition coefficient (Wildman–Crippen LogP) is 6.36. The number of carboxylic acid groups (broad SMARTS) is 2. The third-order valence-corrected chi connectivity index (χ3v) is 10.7. The molecule has 6 aromatic rings. The van der Waals surface area contributed by atoms with Crippen LogP contribution in [0.3, 0.4) is 0 Å². The summed E-state index contributed by atoms with van der Waals surface area (Å²) in [6.45, 7) is 4.78. The standard InChI is InChI=1S/2C25H23FO5.Ca/c2*1-17-11-21(26)7-10-23(17)19-4-2-3-18(12-19)13-30-22-8-5-20(6-9-22)25(15-29-16-25)31-14-24(27)28;/h2*2-12H,13-16H2,1H3,(H,27,28);/q;;+2/p-2. The van der Waals surface area contributed by atoms with E-state index in [0.29, 0.717) is 51.1 Å². The number of hydrogen-bond donors (Lipinski definition) is 0. The molecule has 2 heterocycles. The van der Waals surface area contributed by atoms with Crippen molar-refractivity contribution in [2.75, 3.05) is 39.6 Å². The van der Waals surface area contributed by atoms with Crippen molar-refractivity contribution in [1.29, 1.82) is 0 Å². The molecule has 2 aliphatic rings. The van der Waals surface area contributed by atoms with E-state index in [1.807, 2.05) is 111 Å². The zero-order chi connectivity index (χ0) is 43.7. The molecule has 0 aromatic heterocycles. The van der Waals surface area contributed by atoms with Crippen molar-refractivity contribution < 1.29 is 57.0 Å². The Balaban J connectivity index is 0.000000206. The van der Waals surface area contributed by atoms with E-state index in [4.69, 9.17) is 28.4 Å². The van der Waals surface area contributed by atoms with Crippen molar-refractivity contribution >= 4 is 49.7 Å². The van der Waals surface area contributed by atoms with Crippen LogP contribution in [-0.2, 0) is 53.0 Å². The third-order valence-electron chi connectivity index (χ3n) is 10.7. The maximum atomic E-state index is 13.4. The molecule has 6 aromatic carbocycles. The van der Waals surface area contributed by atoms with Gasteiger partial charge in [0.1, 0.15) is 47.5 Å².